The van der Waals surface area contributed by atoms with Gasteiger partial charge in [-0.25, -0.2) is 9.59 Å². The summed E-state index contributed by atoms with van der Waals surface area (Å²) in [7, 11) is 0. The van der Waals surface area contributed by atoms with Crippen molar-refractivity contribution in [2.24, 2.45) is 0 Å². The molecule has 1 saturated heterocycles. The summed E-state index contributed by atoms with van der Waals surface area (Å²) in [6, 6.07) is 3.85. The molecule has 2 heterocycles. The number of ether oxygens (including phenoxy) is 2. The highest BCUT2D eigenvalue weighted by atomic mass is 16.6. The van der Waals surface area contributed by atoms with Gasteiger partial charge < -0.3 is 14.4 Å². The molecule has 0 saturated carbocycles. The number of cyclic esters (lactones) is 1. The number of hydrogen-bond donors (Lipinski definition) is 0. The van der Waals surface area contributed by atoms with Crippen LogP contribution in [0, 0.1) is 0 Å². The summed E-state index contributed by atoms with van der Waals surface area (Å²) in [5, 5.41) is 0. The van der Waals surface area contributed by atoms with E-state index < -0.39 is 5.60 Å². The van der Waals surface area contributed by atoms with E-state index in [4.69, 9.17) is 9.47 Å². The zero-order chi connectivity index (χ0) is 19.6. The summed E-state index contributed by atoms with van der Waals surface area (Å²) in [5.74, 6) is -0.252. The van der Waals surface area contributed by atoms with Gasteiger partial charge in [0.25, 0.3) is 0 Å². The van der Waals surface area contributed by atoms with E-state index in [1.807, 2.05) is 39.0 Å². The predicted octanol–water partition coefficient (Wildman–Crippen LogP) is 3.10. The molecule has 3 rings (SSSR count). The van der Waals surface area contributed by atoms with Crippen LogP contribution in [0.2, 0.25) is 0 Å². The van der Waals surface area contributed by atoms with Crippen molar-refractivity contribution in [1.29, 1.82) is 0 Å². The lowest BCUT2D eigenvalue weighted by Gasteiger charge is -2.35. The summed E-state index contributed by atoms with van der Waals surface area (Å²) in [6.45, 7) is 13.8. The maximum atomic E-state index is 12.2. The third-order valence-corrected chi connectivity index (χ3v) is 4.94. The highest BCUT2D eigenvalue weighted by Gasteiger charge is 2.27. The van der Waals surface area contributed by atoms with Gasteiger partial charge in [-0.1, -0.05) is 18.7 Å². The van der Waals surface area contributed by atoms with Crippen LogP contribution in [-0.4, -0.2) is 60.2 Å². The Morgan fingerprint density at radius 3 is 2.59 bits per heavy atom. The highest BCUT2D eigenvalue weighted by Crippen LogP contribution is 2.28. The first-order valence-corrected chi connectivity index (χ1v) is 9.43. The van der Waals surface area contributed by atoms with E-state index in [0.29, 0.717) is 25.3 Å². The van der Waals surface area contributed by atoms with Gasteiger partial charge >= 0.3 is 12.1 Å². The highest BCUT2D eigenvalue weighted by molar-refractivity contribution is 5.94. The van der Waals surface area contributed by atoms with Crippen molar-refractivity contribution >= 4 is 18.1 Å². The third kappa shape index (κ3) is 4.50. The van der Waals surface area contributed by atoms with Crippen molar-refractivity contribution in [3.63, 3.8) is 0 Å². The Bertz CT molecular complexity index is 743. The number of amides is 1. The Hall–Kier alpha value is -2.34. The van der Waals surface area contributed by atoms with E-state index >= 15 is 0 Å². The average molecular weight is 372 g/mol. The lowest BCUT2D eigenvalue weighted by Crippen LogP contribution is -2.50. The van der Waals surface area contributed by atoms with Gasteiger partial charge in [0.15, 0.2) is 0 Å². The molecule has 0 bridgehead atoms. The fourth-order valence-electron chi connectivity index (χ4n) is 3.51. The second-order valence-electron chi connectivity index (χ2n) is 8.00. The third-order valence-electron chi connectivity index (χ3n) is 4.94. The first kappa shape index (κ1) is 19.4. The number of nitrogens with zero attached hydrogens (tertiary/aromatic N) is 2. The molecule has 1 aromatic rings. The van der Waals surface area contributed by atoms with Crippen molar-refractivity contribution in [3.05, 3.63) is 41.0 Å². The van der Waals surface area contributed by atoms with Gasteiger partial charge in [-0.05, 0) is 44.4 Å². The fourth-order valence-corrected chi connectivity index (χ4v) is 3.51. The average Bonchev–Trinajstić information content (AvgIpc) is 2.99. The molecule has 146 valence electrons. The van der Waals surface area contributed by atoms with Gasteiger partial charge in [0.05, 0.1) is 5.56 Å². The van der Waals surface area contributed by atoms with E-state index in [-0.39, 0.29) is 12.1 Å². The number of carbonyl (C=O) groups is 2. The molecule has 2 aliphatic rings. The van der Waals surface area contributed by atoms with Crippen molar-refractivity contribution in [2.45, 2.75) is 39.4 Å². The summed E-state index contributed by atoms with van der Waals surface area (Å²) in [6.07, 6.45) is 2.45. The van der Waals surface area contributed by atoms with Crippen LogP contribution in [0.25, 0.3) is 6.08 Å². The number of rotatable bonds is 4. The molecule has 6 heteroatoms. The van der Waals surface area contributed by atoms with E-state index in [2.05, 4.69) is 11.5 Å². The van der Waals surface area contributed by atoms with Gasteiger partial charge in [0.2, 0.25) is 0 Å². The summed E-state index contributed by atoms with van der Waals surface area (Å²) in [5.41, 5.74) is 3.33. The number of piperazine rings is 1. The zero-order valence-electron chi connectivity index (χ0n) is 16.4. The van der Waals surface area contributed by atoms with Gasteiger partial charge in [-0.2, -0.15) is 0 Å². The lowest BCUT2D eigenvalue weighted by molar-refractivity contribution is 0.0146. The van der Waals surface area contributed by atoms with Crippen molar-refractivity contribution in [2.75, 3.05) is 32.7 Å². The molecule has 0 atom stereocenters. The van der Waals surface area contributed by atoms with Crippen LogP contribution >= 0.6 is 0 Å². The quantitative estimate of drug-likeness (QED) is 0.760. The van der Waals surface area contributed by atoms with Gasteiger partial charge in [0.1, 0.15) is 12.2 Å². The summed E-state index contributed by atoms with van der Waals surface area (Å²) < 4.78 is 10.6. The number of hydrogen-bond acceptors (Lipinski definition) is 5. The Morgan fingerprint density at radius 2 is 1.96 bits per heavy atom. The maximum absolute atomic E-state index is 12.2. The molecule has 27 heavy (non-hydrogen) atoms. The van der Waals surface area contributed by atoms with Crippen LogP contribution in [0.15, 0.2) is 18.7 Å². The molecule has 1 fully saturated rings. The zero-order valence-corrected chi connectivity index (χ0v) is 16.4. The molecule has 1 aromatic carbocycles. The van der Waals surface area contributed by atoms with Crippen LogP contribution in [0.1, 0.15) is 47.8 Å². The lowest BCUT2D eigenvalue weighted by atomic mass is 9.95. The Balaban J connectivity index is 1.55. The largest absolute Gasteiger partial charge is 0.457 e. The molecule has 1 amide bonds. The normalized spacial score (nSPS) is 17.4. The number of carbonyl (C=O) groups excluding carboxylic acids is 2. The van der Waals surface area contributed by atoms with E-state index in [1.54, 1.807) is 4.90 Å². The van der Waals surface area contributed by atoms with Crippen LogP contribution in [-0.2, 0) is 22.5 Å². The Kier molecular flexibility index (Phi) is 5.56. The monoisotopic (exact) mass is 372 g/mol. The number of fused-ring (bicyclic) bond motifs is 1. The fraction of sp³-hybridized carbons (Fsp3) is 0.524. The van der Waals surface area contributed by atoms with Gasteiger partial charge in [0, 0.05) is 38.3 Å². The predicted molar refractivity (Wildman–Crippen MR) is 104 cm³/mol. The van der Waals surface area contributed by atoms with E-state index in [9.17, 15) is 9.59 Å². The maximum Gasteiger partial charge on any atom is 0.410 e. The minimum Gasteiger partial charge on any atom is -0.457 e. The first-order chi connectivity index (χ1) is 12.8. The second-order valence-corrected chi connectivity index (χ2v) is 8.00. The molecule has 0 spiro atoms. The molecule has 0 aliphatic carbocycles. The van der Waals surface area contributed by atoms with Crippen LogP contribution < -0.4 is 0 Å². The van der Waals surface area contributed by atoms with Crippen LogP contribution in [0.4, 0.5) is 4.79 Å². The van der Waals surface area contributed by atoms with Crippen molar-refractivity contribution in [1.82, 2.24) is 9.80 Å². The van der Waals surface area contributed by atoms with E-state index in [0.717, 1.165) is 37.2 Å². The molecule has 6 nitrogen and oxygen atoms in total. The molecule has 0 N–H and O–H groups in total. The minimum atomic E-state index is -0.464. The Labute approximate surface area is 160 Å². The summed E-state index contributed by atoms with van der Waals surface area (Å²) >= 11 is 0. The van der Waals surface area contributed by atoms with Gasteiger partial charge in [-0.3, -0.25) is 4.90 Å². The second kappa shape index (κ2) is 7.72. The summed E-state index contributed by atoms with van der Waals surface area (Å²) in [4.78, 5) is 28.0. The molecule has 0 unspecified atom stereocenters. The van der Waals surface area contributed by atoms with Gasteiger partial charge in [-0.15, -0.1) is 0 Å². The van der Waals surface area contributed by atoms with Crippen LogP contribution in [0.5, 0.6) is 0 Å². The van der Waals surface area contributed by atoms with Crippen molar-refractivity contribution in [3.8, 4) is 0 Å². The van der Waals surface area contributed by atoms with Crippen molar-refractivity contribution < 1.29 is 19.1 Å². The standard InChI is InChI=1S/C21H28N2O4/c1-5-16-15(6-7-17-18(16)14-26-19(17)24)8-9-22-10-12-23(13-11-22)20(25)27-21(2,3)4/h5-7H,1,8-14H2,2-4H3. The topological polar surface area (TPSA) is 59.1 Å². The SMILES string of the molecule is C=Cc1c(CCN2CCN(C(=O)OC(C)(C)C)CC2)ccc2c1COC2=O. The number of benzene rings is 1. The molecular weight excluding hydrogens is 344 g/mol. The van der Waals surface area contributed by atoms with E-state index in [1.165, 1.54) is 5.56 Å². The Morgan fingerprint density at radius 1 is 1.26 bits per heavy atom. The van der Waals surface area contributed by atoms with Crippen LogP contribution in [0.3, 0.4) is 0 Å². The molecule has 2 aliphatic heterocycles. The molecule has 0 radical (unpaired) electrons. The molecule has 0 aromatic heterocycles. The smallest absolute Gasteiger partial charge is 0.410 e. The first-order valence-electron chi connectivity index (χ1n) is 9.43. The minimum absolute atomic E-state index is 0.237. The molecular formula is C21H28N2O4. The number of esters is 1.